The second-order valence-corrected chi connectivity index (χ2v) is 8.29. The van der Waals surface area contributed by atoms with Gasteiger partial charge < -0.3 is 9.84 Å². The molecule has 0 spiro atoms. The van der Waals surface area contributed by atoms with Crippen molar-refractivity contribution in [3.63, 3.8) is 0 Å². The van der Waals surface area contributed by atoms with E-state index in [9.17, 15) is 9.59 Å². The van der Waals surface area contributed by atoms with Crippen LogP contribution in [0.4, 0.5) is 0 Å². The van der Waals surface area contributed by atoms with Gasteiger partial charge in [0.2, 0.25) is 0 Å². The molecule has 148 valence electrons. The Morgan fingerprint density at radius 1 is 1.28 bits per heavy atom. The van der Waals surface area contributed by atoms with Gasteiger partial charge in [-0.15, -0.1) is 0 Å². The zero-order valence-corrected chi connectivity index (χ0v) is 17.8. The normalized spacial score (nSPS) is 15.2. The summed E-state index contributed by atoms with van der Waals surface area (Å²) in [7, 11) is 1.96. The number of nitrogens with zero attached hydrogens (tertiary/aromatic N) is 1. The van der Waals surface area contributed by atoms with E-state index in [1.165, 1.54) is 5.56 Å². The number of ether oxygens (including phenoxy) is 1. The van der Waals surface area contributed by atoms with Crippen molar-refractivity contribution in [3.05, 3.63) is 64.1 Å². The van der Waals surface area contributed by atoms with Crippen molar-refractivity contribution in [3.8, 4) is 5.75 Å². The maximum absolute atomic E-state index is 12.6. The smallest absolute Gasteiger partial charge is 0.323 e. The fourth-order valence-corrected chi connectivity index (χ4v) is 4.27. The average molecular weight is 425 g/mol. The minimum Gasteiger partial charge on any atom is -0.488 e. The Kier molecular flexibility index (Phi) is 6.77. The molecule has 0 aromatic heterocycles. The molecule has 0 radical (unpaired) electrons. The van der Waals surface area contributed by atoms with Gasteiger partial charge in [-0.05, 0) is 29.7 Å². The van der Waals surface area contributed by atoms with Crippen molar-refractivity contribution in [1.29, 1.82) is 0 Å². The third kappa shape index (κ3) is 5.08. The summed E-state index contributed by atoms with van der Waals surface area (Å²) in [5, 5.41) is 8.98. The van der Waals surface area contributed by atoms with E-state index in [1.807, 2.05) is 44.2 Å². The topological polar surface area (TPSA) is 66.8 Å². The average Bonchev–Trinajstić information content (AvgIpc) is 2.94. The van der Waals surface area contributed by atoms with Crippen LogP contribution >= 0.6 is 24.0 Å². The first-order valence-electron chi connectivity index (χ1n) is 9.16. The van der Waals surface area contributed by atoms with Gasteiger partial charge in [0.1, 0.15) is 31.1 Å². The number of rotatable bonds is 7. The van der Waals surface area contributed by atoms with E-state index in [-0.39, 0.29) is 4.32 Å². The summed E-state index contributed by atoms with van der Waals surface area (Å²) in [6.07, 6.45) is 2.64. The minimum atomic E-state index is -1.10. The lowest BCUT2D eigenvalue weighted by Gasteiger charge is -2.13. The van der Waals surface area contributed by atoms with Crippen LogP contribution in [-0.2, 0) is 22.6 Å². The maximum Gasteiger partial charge on any atom is 0.323 e. The number of aliphatic carboxylic acids is 1. The fraction of sp³-hybridized carbons (Fsp3) is 0.190. The highest BCUT2D eigenvalue weighted by Crippen LogP contribution is 2.34. The van der Waals surface area contributed by atoms with E-state index in [1.54, 1.807) is 6.08 Å². The van der Waals surface area contributed by atoms with Crippen LogP contribution in [0.15, 0.2) is 47.4 Å². The Hall–Kier alpha value is -2.58. The number of hydrogen-bond acceptors (Lipinski definition) is 5. The lowest BCUT2D eigenvalue weighted by molar-refractivity contribution is -0.140. The van der Waals surface area contributed by atoms with Crippen molar-refractivity contribution in [2.45, 2.75) is 20.0 Å². The lowest BCUT2D eigenvalue weighted by Crippen LogP contribution is -2.33. The van der Waals surface area contributed by atoms with Crippen molar-refractivity contribution >= 4 is 59.6 Å². The molecule has 8 heteroatoms. The minimum absolute atomic E-state index is 0.246. The number of thiocarbonyl (C=S) groups is 1. The van der Waals surface area contributed by atoms with Gasteiger partial charge in [0.15, 0.2) is 0 Å². The highest BCUT2D eigenvalue weighted by molar-refractivity contribution is 8.26. The number of aryl methyl sites for hydroxylation is 1. The molecular formula is C21H20BNO4S2. The molecule has 0 saturated carbocycles. The number of benzene rings is 2. The highest BCUT2D eigenvalue weighted by atomic mass is 32.2. The van der Waals surface area contributed by atoms with Gasteiger partial charge in [-0.1, -0.05) is 72.8 Å². The van der Waals surface area contributed by atoms with E-state index in [0.29, 0.717) is 17.3 Å². The monoisotopic (exact) mass is 425 g/mol. The fourth-order valence-electron chi connectivity index (χ4n) is 3.02. The third-order valence-electron chi connectivity index (χ3n) is 4.50. The molecule has 0 atom stereocenters. The number of carbonyl (C=O) groups is 2. The quantitative estimate of drug-likeness (QED) is 0.418. The van der Waals surface area contributed by atoms with Crippen molar-refractivity contribution < 1.29 is 19.4 Å². The predicted octanol–water partition coefficient (Wildman–Crippen LogP) is 2.37. The molecule has 5 nitrogen and oxygen atoms in total. The molecule has 29 heavy (non-hydrogen) atoms. The van der Waals surface area contributed by atoms with E-state index in [2.05, 4.69) is 13.0 Å². The molecule has 1 fully saturated rings. The molecule has 1 aliphatic rings. The molecule has 2 aromatic rings. The zero-order chi connectivity index (χ0) is 21.0. The predicted molar refractivity (Wildman–Crippen MR) is 122 cm³/mol. The first-order chi connectivity index (χ1) is 13.9. The number of carboxylic acid groups (broad SMARTS) is 1. The van der Waals surface area contributed by atoms with Crippen LogP contribution < -0.4 is 10.2 Å². The molecular weight excluding hydrogens is 405 g/mol. The number of thioether (sulfide) groups is 1. The molecule has 1 amide bonds. The molecule has 0 unspecified atom stereocenters. The SMILES string of the molecule is Bc1ccc(OCc2ccccc2CC)c(/C=C2\SC(=S)N(CC(=O)O)C2=O)c1. The first kappa shape index (κ1) is 21.1. The summed E-state index contributed by atoms with van der Waals surface area (Å²) in [5.41, 5.74) is 4.14. The Morgan fingerprint density at radius 3 is 2.69 bits per heavy atom. The Bertz CT molecular complexity index is 1010. The van der Waals surface area contributed by atoms with Crippen molar-refractivity contribution in [2.24, 2.45) is 0 Å². The summed E-state index contributed by atoms with van der Waals surface area (Å²) >= 11 is 6.27. The lowest BCUT2D eigenvalue weighted by atomic mass is 9.94. The number of carboxylic acids is 1. The van der Waals surface area contributed by atoms with Gasteiger partial charge >= 0.3 is 5.97 Å². The van der Waals surface area contributed by atoms with Gasteiger partial charge in [0, 0.05) is 5.56 Å². The van der Waals surface area contributed by atoms with Gasteiger partial charge in [-0.2, -0.15) is 0 Å². The second-order valence-electron chi connectivity index (χ2n) is 6.61. The number of amides is 1. The summed E-state index contributed by atoms with van der Waals surface area (Å²) in [6.45, 7) is 2.09. The molecule has 1 saturated heterocycles. The molecule has 0 aliphatic carbocycles. The number of hydrogen-bond donors (Lipinski definition) is 1. The van der Waals surface area contributed by atoms with Crippen LogP contribution in [0, 0.1) is 0 Å². The molecule has 3 rings (SSSR count). The van der Waals surface area contributed by atoms with E-state index in [0.717, 1.165) is 39.7 Å². The third-order valence-corrected chi connectivity index (χ3v) is 5.88. The molecule has 1 N–H and O–H groups in total. The van der Waals surface area contributed by atoms with Crippen LogP contribution in [0.5, 0.6) is 5.75 Å². The van der Waals surface area contributed by atoms with Crippen LogP contribution in [-0.4, -0.2) is 40.6 Å². The molecule has 0 bridgehead atoms. The maximum atomic E-state index is 12.6. The second kappa shape index (κ2) is 9.28. The van der Waals surface area contributed by atoms with Crippen LogP contribution in [0.3, 0.4) is 0 Å². The van der Waals surface area contributed by atoms with Crippen molar-refractivity contribution in [2.75, 3.05) is 6.54 Å². The molecule has 2 aromatic carbocycles. The summed E-state index contributed by atoms with van der Waals surface area (Å²) < 4.78 is 6.32. The van der Waals surface area contributed by atoms with E-state index in [4.69, 9.17) is 22.1 Å². The van der Waals surface area contributed by atoms with Crippen LogP contribution in [0.25, 0.3) is 6.08 Å². The van der Waals surface area contributed by atoms with Crippen LogP contribution in [0.1, 0.15) is 23.6 Å². The van der Waals surface area contributed by atoms with Gasteiger partial charge in [-0.3, -0.25) is 14.5 Å². The van der Waals surface area contributed by atoms with Crippen molar-refractivity contribution in [1.82, 2.24) is 4.90 Å². The largest absolute Gasteiger partial charge is 0.488 e. The van der Waals surface area contributed by atoms with Gasteiger partial charge in [0.25, 0.3) is 5.91 Å². The Labute approximate surface area is 180 Å². The molecule has 1 aliphatic heterocycles. The van der Waals surface area contributed by atoms with E-state index >= 15 is 0 Å². The standard InChI is InChI=1S/C21H20BNO4S2/c1-2-13-5-3-4-6-14(13)12-27-17-8-7-16(22)9-15(17)10-18-20(26)23(11-19(24)25)21(28)29-18/h3-10H,2,11-12,22H2,1H3,(H,24,25)/b18-10-. The molecule has 1 heterocycles. The Balaban J connectivity index is 1.86. The van der Waals surface area contributed by atoms with E-state index < -0.39 is 18.4 Å². The summed E-state index contributed by atoms with van der Waals surface area (Å²) in [4.78, 5) is 25.0. The summed E-state index contributed by atoms with van der Waals surface area (Å²) in [6, 6.07) is 13.9. The highest BCUT2D eigenvalue weighted by Gasteiger charge is 2.33. The Morgan fingerprint density at radius 2 is 2.00 bits per heavy atom. The van der Waals surface area contributed by atoms with Gasteiger partial charge in [-0.25, -0.2) is 0 Å². The number of carbonyl (C=O) groups excluding carboxylic acids is 1. The van der Waals surface area contributed by atoms with Crippen LogP contribution in [0.2, 0.25) is 0 Å². The van der Waals surface area contributed by atoms with Gasteiger partial charge in [0.05, 0.1) is 4.91 Å². The zero-order valence-electron chi connectivity index (χ0n) is 16.2. The first-order valence-corrected chi connectivity index (χ1v) is 10.4. The summed E-state index contributed by atoms with van der Waals surface area (Å²) in [5.74, 6) is -0.840.